The fraction of sp³-hybridized carbons (Fsp3) is 0.538. The van der Waals surface area contributed by atoms with Gasteiger partial charge < -0.3 is 10.4 Å². The van der Waals surface area contributed by atoms with Crippen molar-refractivity contribution in [2.45, 2.75) is 26.7 Å². The molecule has 0 aliphatic heterocycles. The highest BCUT2D eigenvalue weighted by molar-refractivity contribution is 5.67. The highest BCUT2D eigenvalue weighted by Crippen LogP contribution is 2.19. The number of aliphatic hydroxyl groups excluding tert-OH is 1. The van der Waals surface area contributed by atoms with Crippen molar-refractivity contribution in [1.82, 2.24) is 14.6 Å². The monoisotopic (exact) mass is 248 g/mol. The van der Waals surface area contributed by atoms with Crippen LogP contribution in [0.1, 0.15) is 32.4 Å². The van der Waals surface area contributed by atoms with Crippen molar-refractivity contribution in [3.05, 3.63) is 24.2 Å². The second-order valence-corrected chi connectivity index (χ2v) is 5.00. The lowest BCUT2D eigenvalue weighted by Gasteiger charge is -2.10. The zero-order chi connectivity index (χ0) is 13.1. The molecule has 0 saturated heterocycles. The van der Waals surface area contributed by atoms with Gasteiger partial charge in [-0.3, -0.25) is 0 Å². The van der Waals surface area contributed by atoms with Gasteiger partial charge in [-0.15, -0.1) is 0 Å². The number of nitrogens with one attached hydrogen (secondary N) is 1. The van der Waals surface area contributed by atoms with Crippen LogP contribution in [0.15, 0.2) is 18.5 Å². The Labute approximate surface area is 107 Å². The first-order chi connectivity index (χ1) is 8.61. The second-order valence-electron chi connectivity index (χ2n) is 5.00. The topological polar surface area (TPSA) is 62.5 Å². The van der Waals surface area contributed by atoms with E-state index in [9.17, 15) is 0 Å². The molecular formula is C13H20N4O. The minimum atomic E-state index is 0.173. The number of nitrogens with zero attached hydrogens (tertiary/aromatic N) is 3. The molecule has 0 aliphatic rings. The zero-order valence-electron chi connectivity index (χ0n) is 11.1. The summed E-state index contributed by atoms with van der Waals surface area (Å²) in [4.78, 5) is 4.33. The number of rotatable bonds is 5. The Morgan fingerprint density at radius 3 is 2.83 bits per heavy atom. The molecule has 0 radical (unpaired) electrons. The van der Waals surface area contributed by atoms with E-state index in [0.717, 1.165) is 17.0 Å². The first-order valence-electron chi connectivity index (χ1n) is 6.30. The average Bonchev–Trinajstić information content (AvgIpc) is 2.80. The van der Waals surface area contributed by atoms with Crippen LogP contribution in [0, 0.1) is 5.92 Å². The summed E-state index contributed by atoms with van der Waals surface area (Å²) >= 11 is 0. The Balaban J connectivity index is 2.27. The van der Waals surface area contributed by atoms with Crippen molar-refractivity contribution in [2.75, 3.05) is 18.5 Å². The van der Waals surface area contributed by atoms with E-state index in [1.807, 2.05) is 17.6 Å². The number of anilines is 1. The van der Waals surface area contributed by atoms with Gasteiger partial charge in [-0.25, -0.2) is 9.50 Å². The number of hydrogen-bond donors (Lipinski definition) is 2. The summed E-state index contributed by atoms with van der Waals surface area (Å²) in [6, 6.07) is 2.06. The van der Waals surface area contributed by atoms with Gasteiger partial charge in [0.25, 0.3) is 0 Å². The predicted molar refractivity (Wildman–Crippen MR) is 71.8 cm³/mol. The third-order valence-electron chi connectivity index (χ3n) is 2.93. The van der Waals surface area contributed by atoms with Crippen molar-refractivity contribution >= 4 is 11.3 Å². The standard InChI is InChI=1S/C13H20N4O/c1-9(2)11-6-12-13(15-7-10(3)8-18)14-4-5-17(12)16-11/h4-6,9-10,18H,7-8H2,1-3H3,(H,14,15). The molecule has 2 heterocycles. The molecule has 0 fully saturated rings. The molecule has 0 saturated carbocycles. The Morgan fingerprint density at radius 2 is 2.17 bits per heavy atom. The summed E-state index contributed by atoms with van der Waals surface area (Å²) in [5.74, 6) is 1.42. The Hall–Kier alpha value is -1.62. The first-order valence-corrected chi connectivity index (χ1v) is 6.30. The van der Waals surface area contributed by atoms with Crippen molar-refractivity contribution in [2.24, 2.45) is 5.92 Å². The molecule has 0 bridgehead atoms. The van der Waals surface area contributed by atoms with Crippen LogP contribution in [0.25, 0.3) is 5.52 Å². The molecule has 2 aromatic rings. The molecule has 1 unspecified atom stereocenters. The van der Waals surface area contributed by atoms with Crippen LogP contribution in [0.3, 0.4) is 0 Å². The summed E-state index contributed by atoms with van der Waals surface area (Å²) in [6.45, 7) is 7.10. The smallest absolute Gasteiger partial charge is 0.152 e. The summed E-state index contributed by atoms with van der Waals surface area (Å²) in [5, 5.41) is 16.8. The molecule has 0 aliphatic carbocycles. The van der Waals surface area contributed by atoms with Crippen molar-refractivity contribution in [1.29, 1.82) is 0 Å². The molecule has 0 spiro atoms. The van der Waals surface area contributed by atoms with Gasteiger partial charge >= 0.3 is 0 Å². The van der Waals surface area contributed by atoms with Crippen LogP contribution < -0.4 is 5.32 Å². The molecule has 5 nitrogen and oxygen atoms in total. The molecule has 1 atom stereocenters. The minimum Gasteiger partial charge on any atom is -0.396 e. The van der Waals surface area contributed by atoms with E-state index in [2.05, 4.69) is 35.3 Å². The van der Waals surface area contributed by atoms with E-state index in [1.54, 1.807) is 6.20 Å². The Morgan fingerprint density at radius 1 is 1.39 bits per heavy atom. The molecule has 2 rings (SSSR count). The molecule has 2 aromatic heterocycles. The lowest BCUT2D eigenvalue weighted by molar-refractivity contribution is 0.244. The maximum atomic E-state index is 9.02. The second kappa shape index (κ2) is 5.35. The van der Waals surface area contributed by atoms with Crippen LogP contribution in [0.5, 0.6) is 0 Å². The average molecular weight is 248 g/mol. The van der Waals surface area contributed by atoms with Gasteiger partial charge in [0, 0.05) is 25.5 Å². The lowest BCUT2D eigenvalue weighted by atomic mass is 10.1. The van der Waals surface area contributed by atoms with Crippen LogP contribution in [-0.2, 0) is 0 Å². The van der Waals surface area contributed by atoms with Crippen LogP contribution in [0.4, 0.5) is 5.82 Å². The third-order valence-corrected chi connectivity index (χ3v) is 2.93. The van der Waals surface area contributed by atoms with E-state index in [1.165, 1.54) is 0 Å². The third kappa shape index (κ3) is 2.61. The Kier molecular flexibility index (Phi) is 3.81. The normalized spacial score (nSPS) is 13.2. The molecular weight excluding hydrogens is 228 g/mol. The number of aromatic nitrogens is 3. The molecule has 0 aromatic carbocycles. The lowest BCUT2D eigenvalue weighted by Crippen LogP contribution is -2.15. The molecule has 98 valence electrons. The van der Waals surface area contributed by atoms with Crippen LogP contribution >= 0.6 is 0 Å². The highest BCUT2D eigenvalue weighted by atomic mass is 16.3. The fourth-order valence-electron chi connectivity index (χ4n) is 1.69. The number of fused-ring (bicyclic) bond motifs is 1. The highest BCUT2D eigenvalue weighted by Gasteiger charge is 2.10. The molecule has 18 heavy (non-hydrogen) atoms. The first kappa shape index (κ1) is 12.8. The SMILES string of the molecule is CC(CO)CNc1nccn2nc(C(C)C)cc12. The van der Waals surface area contributed by atoms with Gasteiger partial charge in [0.15, 0.2) is 5.82 Å². The maximum Gasteiger partial charge on any atom is 0.152 e. The largest absolute Gasteiger partial charge is 0.396 e. The molecule has 5 heteroatoms. The van der Waals surface area contributed by atoms with E-state index in [-0.39, 0.29) is 12.5 Å². The van der Waals surface area contributed by atoms with Gasteiger partial charge in [0.05, 0.1) is 5.69 Å². The fourth-order valence-corrected chi connectivity index (χ4v) is 1.69. The Bertz CT molecular complexity index is 521. The summed E-state index contributed by atoms with van der Waals surface area (Å²) in [6.07, 6.45) is 3.58. The van der Waals surface area contributed by atoms with Gasteiger partial charge in [-0.2, -0.15) is 5.10 Å². The summed E-state index contributed by atoms with van der Waals surface area (Å²) < 4.78 is 1.84. The van der Waals surface area contributed by atoms with Crippen molar-refractivity contribution in [3.63, 3.8) is 0 Å². The van der Waals surface area contributed by atoms with Crippen molar-refractivity contribution < 1.29 is 5.11 Å². The minimum absolute atomic E-state index is 0.173. The van der Waals surface area contributed by atoms with E-state index in [0.29, 0.717) is 12.5 Å². The summed E-state index contributed by atoms with van der Waals surface area (Å²) in [7, 11) is 0. The quantitative estimate of drug-likeness (QED) is 0.848. The van der Waals surface area contributed by atoms with E-state index < -0.39 is 0 Å². The molecule has 0 amide bonds. The van der Waals surface area contributed by atoms with E-state index in [4.69, 9.17) is 5.11 Å². The van der Waals surface area contributed by atoms with Gasteiger partial charge in [-0.05, 0) is 17.9 Å². The van der Waals surface area contributed by atoms with Gasteiger partial charge in [0.1, 0.15) is 5.52 Å². The summed E-state index contributed by atoms with van der Waals surface area (Å²) in [5.41, 5.74) is 2.03. The van der Waals surface area contributed by atoms with Crippen LogP contribution in [-0.4, -0.2) is 32.9 Å². The predicted octanol–water partition coefficient (Wildman–Crippen LogP) is 1.89. The number of hydrogen-bond acceptors (Lipinski definition) is 4. The van der Waals surface area contributed by atoms with E-state index >= 15 is 0 Å². The number of aliphatic hydroxyl groups is 1. The van der Waals surface area contributed by atoms with Gasteiger partial charge in [0.2, 0.25) is 0 Å². The maximum absolute atomic E-state index is 9.02. The molecule has 2 N–H and O–H groups in total. The zero-order valence-corrected chi connectivity index (χ0v) is 11.1. The van der Waals surface area contributed by atoms with Crippen LogP contribution in [0.2, 0.25) is 0 Å². The van der Waals surface area contributed by atoms with Crippen molar-refractivity contribution in [3.8, 4) is 0 Å². The van der Waals surface area contributed by atoms with Gasteiger partial charge in [-0.1, -0.05) is 20.8 Å².